The van der Waals surface area contributed by atoms with Crippen molar-refractivity contribution in [3.63, 3.8) is 0 Å². The van der Waals surface area contributed by atoms with E-state index in [1.54, 1.807) is 6.92 Å². The van der Waals surface area contributed by atoms with Crippen LogP contribution in [0.15, 0.2) is 17.0 Å². The zero-order valence-corrected chi connectivity index (χ0v) is 13.3. The molecule has 1 aromatic carbocycles. The largest absolute Gasteiger partial charge is 0.480 e. The van der Waals surface area contributed by atoms with E-state index in [1.807, 2.05) is 0 Å². The van der Waals surface area contributed by atoms with Crippen molar-refractivity contribution in [1.29, 1.82) is 0 Å². The van der Waals surface area contributed by atoms with Crippen molar-refractivity contribution in [3.8, 4) is 0 Å². The van der Waals surface area contributed by atoms with Crippen molar-refractivity contribution >= 4 is 33.5 Å². The Morgan fingerprint density at radius 3 is 2.45 bits per heavy atom. The number of hydrogen-bond donors (Lipinski definition) is 3. The molecule has 0 fully saturated rings. The standard InChI is InChI=1S/C13H16ClNO6S/c1-7-8(4-9(16)2-3-12(15)13(17)18)5-10(6-11(7)14)22(19,20)21/h5-6,12H,2-4,15H2,1H3,(H,17,18)(H,19,20,21). The third-order valence-corrected chi connectivity index (χ3v) is 4.39. The number of carboxylic acid groups (broad SMARTS) is 1. The van der Waals surface area contributed by atoms with Crippen LogP contribution in [-0.2, 0) is 26.1 Å². The highest BCUT2D eigenvalue weighted by Gasteiger charge is 2.18. The van der Waals surface area contributed by atoms with Gasteiger partial charge in [-0.15, -0.1) is 0 Å². The van der Waals surface area contributed by atoms with Gasteiger partial charge in [0.25, 0.3) is 10.1 Å². The molecule has 22 heavy (non-hydrogen) atoms. The van der Waals surface area contributed by atoms with Gasteiger partial charge in [-0.2, -0.15) is 8.42 Å². The molecular weight excluding hydrogens is 334 g/mol. The number of Topliss-reactive ketones (excluding diaryl/α,β-unsaturated/α-hetero) is 1. The Hall–Kier alpha value is -1.48. The number of carbonyl (C=O) groups is 2. The first-order valence-corrected chi connectivity index (χ1v) is 8.10. The second-order valence-electron chi connectivity index (χ2n) is 4.86. The van der Waals surface area contributed by atoms with Gasteiger partial charge < -0.3 is 10.8 Å². The molecule has 0 aliphatic carbocycles. The van der Waals surface area contributed by atoms with Gasteiger partial charge in [-0.25, -0.2) is 0 Å². The van der Waals surface area contributed by atoms with Crippen LogP contribution in [0.3, 0.4) is 0 Å². The van der Waals surface area contributed by atoms with Gasteiger partial charge >= 0.3 is 5.97 Å². The van der Waals surface area contributed by atoms with E-state index in [-0.39, 0.29) is 30.1 Å². The number of hydrogen-bond acceptors (Lipinski definition) is 5. The van der Waals surface area contributed by atoms with E-state index >= 15 is 0 Å². The summed E-state index contributed by atoms with van der Waals surface area (Å²) in [5, 5.41) is 8.75. The lowest BCUT2D eigenvalue weighted by atomic mass is 10.00. The first kappa shape index (κ1) is 18.6. The molecule has 1 unspecified atom stereocenters. The molecule has 0 amide bonds. The molecule has 122 valence electrons. The Kier molecular flexibility index (Phi) is 6.07. The fraction of sp³-hybridized carbons (Fsp3) is 0.385. The van der Waals surface area contributed by atoms with Crippen molar-refractivity contribution in [2.24, 2.45) is 5.73 Å². The molecule has 0 aromatic heterocycles. The number of nitrogens with two attached hydrogens (primary N) is 1. The van der Waals surface area contributed by atoms with E-state index in [9.17, 15) is 18.0 Å². The zero-order valence-electron chi connectivity index (χ0n) is 11.7. The van der Waals surface area contributed by atoms with Crippen LogP contribution in [-0.4, -0.2) is 35.9 Å². The summed E-state index contributed by atoms with van der Waals surface area (Å²) in [5.74, 6) is -1.50. The third kappa shape index (κ3) is 5.06. The minimum Gasteiger partial charge on any atom is -0.480 e. The summed E-state index contributed by atoms with van der Waals surface area (Å²) < 4.78 is 31.4. The number of carboxylic acids is 1. The SMILES string of the molecule is Cc1c(Cl)cc(S(=O)(=O)O)cc1CC(=O)CCC(N)C(=O)O. The van der Waals surface area contributed by atoms with E-state index in [0.717, 1.165) is 6.07 Å². The molecule has 1 rings (SSSR count). The van der Waals surface area contributed by atoms with Crippen molar-refractivity contribution in [2.75, 3.05) is 0 Å². The van der Waals surface area contributed by atoms with E-state index in [2.05, 4.69) is 0 Å². The van der Waals surface area contributed by atoms with Crippen LogP contribution in [0.4, 0.5) is 0 Å². The van der Waals surface area contributed by atoms with Crippen LogP contribution >= 0.6 is 11.6 Å². The second-order valence-corrected chi connectivity index (χ2v) is 6.69. The van der Waals surface area contributed by atoms with Gasteiger partial charge in [0.1, 0.15) is 11.8 Å². The number of benzene rings is 1. The molecule has 0 heterocycles. The van der Waals surface area contributed by atoms with Crippen molar-refractivity contribution < 1.29 is 27.7 Å². The van der Waals surface area contributed by atoms with Crippen LogP contribution in [0.2, 0.25) is 5.02 Å². The first-order valence-electron chi connectivity index (χ1n) is 6.29. The van der Waals surface area contributed by atoms with Crippen LogP contribution in [0, 0.1) is 6.92 Å². The molecule has 9 heteroatoms. The summed E-state index contributed by atoms with van der Waals surface area (Å²) in [6, 6.07) is 1.14. The topological polar surface area (TPSA) is 135 Å². The normalized spacial score (nSPS) is 12.9. The quantitative estimate of drug-likeness (QED) is 0.629. The van der Waals surface area contributed by atoms with Crippen LogP contribution in [0.1, 0.15) is 24.0 Å². The smallest absolute Gasteiger partial charge is 0.320 e. The molecule has 0 bridgehead atoms. The summed E-state index contributed by atoms with van der Waals surface area (Å²) in [4.78, 5) is 22.0. The van der Waals surface area contributed by atoms with E-state index < -0.39 is 27.0 Å². The van der Waals surface area contributed by atoms with Crippen molar-refractivity contribution in [2.45, 2.75) is 37.1 Å². The first-order chi connectivity index (χ1) is 10.0. The zero-order chi connectivity index (χ0) is 17.1. The van der Waals surface area contributed by atoms with Crippen LogP contribution in [0.5, 0.6) is 0 Å². The Balaban J connectivity index is 2.91. The highest BCUT2D eigenvalue weighted by atomic mass is 35.5. The second kappa shape index (κ2) is 7.19. The number of carbonyl (C=O) groups excluding carboxylic acids is 1. The van der Waals surface area contributed by atoms with Gasteiger partial charge in [0, 0.05) is 17.9 Å². The maximum Gasteiger partial charge on any atom is 0.320 e. The lowest BCUT2D eigenvalue weighted by Gasteiger charge is -2.10. The summed E-state index contributed by atoms with van der Waals surface area (Å²) in [5.41, 5.74) is 6.18. The maximum absolute atomic E-state index is 11.9. The fourth-order valence-corrected chi connectivity index (χ4v) is 2.64. The number of aliphatic carboxylic acids is 1. The average molecular weight is 350 g/mol. The molecule has 0 saturated heterocycles. The minimum absolute atomic E-state index is 0.0149. The molecule has 1 aromatic rings. The molecule has 0 aliphatic heterocycles. The third-order valence-electron chi connectivity index (χ3n) is 3.16. The Labute approximate surface area is 132 Å². The average Bonchev–Trinajstić information content (AvgIpc) is 2.39. The highest BCUT2D eigenvalue weighted by molar-refractivity contribution is 7.85. The lowest BCUT2D eigenvalue weighted by Crippen LogP contribution is -2.30. The van der Waals surface area contributed by atoms with E-state index in [4.69, 9.17) is 27.0 Å². The Bertz CT molecular complexity index is 701. The molecule has 0 spiro atoms. The summed E-state index contributed by atoms with van der Waals surface area (Å²) in [7, 11) is -4.43. The maximum atomic E-state index is 11.9. The molecule has 1 atom stereocenters. The summed E-state index contributed by atoms with van der Waals surface area (Å²) in [6.45, 7) is 1.61. The van der Waals surface area contributed by atoms with Crippen molar-refractivity contribution in [1.82, 2.24) is 0 Å². The van der Waals surface area contributed by atoms with Gasteiger partial charge in [-0.1, -0.05) is 11.6 Å². The predicted octanol–water partition coefficient (Wildman–Crippen LogP) is 1.20. The summed E-state index contributed by atoms with van der Waals surface area (Å²) in [6.07, 6.45) is -0.194. The monoisotopic (exact) mass is 349 g/mol. The number of ketones is 1. The Morgan fingerprint density at radius 1 is 1.36 bits per heavy atom. The van der Waals surface area contributed by atoms with Gasteiger partial charge in [0.05, 0.1) is 4.90 Å². The van der Waals surface area contributed by atoms with E-state index in [1.165, 1.54) is 6.07 Å². The molecule has 0 radical (unpaired) electrons. The van der Waals surface area contributed by atoms with Crippen LogP contribution < -0.4 is 5.73 Å². The Morgan fingerprint density at radius 2 is 1.95 bits per heavy atom. The fourth-order valence-electron chi connectivity index (χ4n) is 1.78. The van der Waals surface area contributed by atoms with Crippen molar-refractivity contribution in [3.05, 3.63) is 28.3 Å². The molecular formula is C13H16ClNO6S. The highest BCUT2D eigenvalue weighted by Crippen LogP contribution is 2.25. The van der Waals surface area contributed by atoms with E-state index in [0.29, 0.717) is 11.1 Å². The van der Waals surface area contributed by atoms with Gasteiger partial charge in [-0.05, 0) is 36.6 Å². The van der Waals surface area contributed by atoms with Gasteiger partial charge in [0.2, 0.25) is 0 Å². The molecule has 7 nitrogen and oxygen atoms in total. The number of halogens is 1. The lowest BCUT2D eigenvalue weighted by molar-refractivity contribution is -0.138. The summed E-state index contributed by atoms with van der Waals surface area (Å²) >= 11 is 5.89. The predicted molar refractivity (Wildman–Crippen MR) is 79.6 cm³/mol. The minimum atomic E-state index is -4.43. The number of rotatable bonds is 7. The molecule has 4 N–H and O–H groups in total. The molecule has 0 saturated carbocycles. The van der Waals surface area contributed by atoms with Gasteiger partial charge in [-0.3, -0.25) is 14.1 Å². The van der Waals surface area contributed by atoms with Gasteiger partial charge in [0.15, 0.2) is 0 Å². The molecule has 0 aliphatic rings. The van der Waals surface area contributed by atoms with Crippen LogP contribution in [0.25, 0.3) is 0 Å².